The van der Waals surface area contributed by atoms with E-state index >= 15 is 0 Å². The van der Waals surface area contributed by atoms with E-state index in [0.29, 0.717) is 5.41 Å². The molecule has 0 atom stereocenters. The maximum absolute atomic E-state index is 4.74. The quantitative estimate of drug-likeness (QED) is 0.450. The molecule has 19 heavy (non-hydrogen) atoms. The predicted molar refractivity (Wildman–Crippen MR) is 94.5 cm³/mol. The fraction of sp³-hybridized carbons (Fsp3) is 0.929. The molecule has 1 saturated heterocycles. The lowest BCUT2D eigenvalue weighted by Crippen LogP contribution is -2.41. The lowest BCUT2D eigenvalue weighted by atomic mass is 9.93. The summed E-state index contributed by atoms with van der Waals surface area (Å²) in [5.41, 5.74) is 0.427. The van der Waals surface area contributed by atoms with E-state index in [1.165, 1.54) is 6.42 Å². The Labute approximate surface area is 136 Å². The minimum Gasteiger partial charge on any atom is -0.357 e. The van der Waals surface area contributed by atoms with Gasteiger partial charge in [-0.2, -0.15) is 0 Å². The number of aliphatic imine (C=N–C) groups is 1. The van der Waals surface area contributed by atoms with Crippen molar-refractivity contribution in [1.29, 1.82) is 0 Å². The topological polar surface area (TPSA) is 30.9 Å². The van der Waals surface area contributed by atoms with Gasteiger partial charge >= 0.3 is 0 Å². The van der Waals surface area contributed by atoms with Crippen LogP contribution in [0, 0.1) is 5.41 Å². The van der Waals surface area contributed by atoms with Crippen LogP contribution in [0.4, 0.5) is 0 Å². The minimum absolute atomic E-state index is 0. The molecule has 1 aliphatic rings. The third-order valence-electron chi connectivity index (χ3n) is 3.59. The molecule has 5 heteroatoms. The average Bonchev–Trinajstić information content (AvgIpc) is 2.68. The Kier molecular flexibility index (Phi) is 8.98. The molecule has 0 saturated carbocycles. The van der Waals surface area contributed by atoms with Crippen molar-refractivity contribution < 1.29 is 0 Å². The van der Waals surface area contributed by atoms with Gasteiger partial charge in [0.25, 0.3) is 0 Å². The molecular weight excluding hydrogens is 351 g/mol. The zero-order chi connectivity index (χ0) is 13.6. The predicted octanol–water partition coefficient (Wildman–Crippen LogP) is 2.25. The Morgan fingerprint density at radius 1 is 1.37 bits per heavy atom. The van der Waals surface area contributed by atoms with Crippen molar-refractivity contribution in [3.05, 3.63) is 0 Å². The summed E-state index contributed by atoms with van der Waals surface area (Å²) < 4.78 is 0. The lowest BCUT2D eigenvalue weighted by molar-refractivity contribution is 0.357. The highest BCUT2D eigenvalue weighted by atomic mass is 127. The van der Waals surface area contributed by atoms with Gasteiger partial charge in [-0.25, -0.2) is 0 Å². The van der Waals surface area contributed by atoms with Gasteiger partial charge in [0, 0.05) is 26.2 Å². The Bertz CT molecular complexity index is 279. The summed E-state index contributed by atoms with van der Waals surface area (Å²) in [6.45, 7) is 15.2. The third kappa shape index (κ3) is 6.79. The van der Waals surface area contributed by atoms with Crippen LogP contribution >= 0.6 is 24.0 Å². The van der Waals surface area contributed by atoms with Gasteiger partial charge in [0.2, 0.25) is 0 Å². The number of likely N-dealkylation sites (tertiary alicyclic amines) is 1. The van der Waals surface area contributed by atoms with Gasteiger partial charge in [0.15, 0.2) is 5.96 Å². The standard InChI is InChI=1S/C14H30N4.HI/c1-6-15-13(16-9-11-17(5)7-2)18-10-8-14(3,4)12-18;/h6-12H2,1-5H3,(H,15,16);1H. The van der Waals surface area contributed by atoms with E-state index in [1.54, 1.807) is 0 Å². The zero-order valence-corrected chi connectivity index (χ0v) is 15.5. The molecule has 4 nitrogen and oxygen atoms in total. The molecule has 114 valence electrons. The Morgan fingerprint density at radius 2 is 2.05 bits per heavy atom. The van der Waals surface area contributed by atoms with Gasteiger partial charge in [-0.3, -0.25) is 4.99 Å². The molecule has 1 fully saturated rings. The Balaban J connectivity index is 0.00000324. The molecule has 1 heterocycles. The molecule has 0 bridgehead atoms. The fourth-order valence-corrected chi connectivity index (χ4v) is 2.20. The van der Waals surface area contributed by atoms with Crippen LogP contribution in [0.5, 0.6) is 0 Å². The second-order valence-corrected chi connectivity index (χ2v) is 5.97. The number of halogens is 1. The van der Waals surface area contributed by atoms with Crippen molar-refractivity contribution in [2.75, 3.05) is 46.3 Å². The van der Waals surface area contributed by atoms with E-state index in [-0.39, 0.29) is 24.0 Å². The number of hydrogen-bond acceptors (Lipinski definition) is 2. The van der Waals surface area contributed by atoms with Gasteiger partial charge in [-0.05, 0) is 32.4 Å². The van der Waals surface area contributed by atoms with E-state index < -0.39 is 0 Å². The molecule has 0 aromatic carbocycles. The molecule has 0 amide bonds. The molecular formula is C14H31IN4. The molecule has 0 aliphatic carbocycles. The van der Waals surface area contributed by atoms with Crippen LogP contribution in [-0.4, -0.2) is 62.1 Å². The van der Waals surface area contributed by atoms with E-state index in [1.807, 2.05) is 0 Å². The first-order valence-electron chi connectivity index (χ1n) is 7.20. The molecule has 0 aromatic rings. The van der Waals surface area contributed by atoms with E-state index in [2.05, 4.69) is 49.9 Å². The van der Waals surface area contributed by atoms with Crippen LogP contribution in [0.2, 0.25) is 0 Å². The monoisotopic (exact) mass is 382 g/mol. The normalized spacial score (nSPS) is 18.6. The van der Waals surface area contributed by atoms with E-state index in [9.17, 15) is 0 Å². The molecule has 1 aliphatic heterocycles. The highest BCUT2D eigenvalue weighted by Crippen LogP contribution is 2.28. The summed E-state index contributed by atoms with van der Waals surface area (Å²) in [6.07, 6.45) is 1.26. The maximum atomic E-state index is 4.74. The zero-order valence-electron chi connectivity index (χ0n) is 13.2. The van der Waals surface area contributed by atoms with Crippen LogP contribution in [0.25, 0.3) is 0 Å². The van der Waals surface area contributed by atoms with Crippen molar-refractivity contribution in [2.24, 2.45) is 10.4 Å². The van der Waals surface area contributed by atoms with E-state index in [4.69, 9.17) is 4.99 Å². The SMILES string of the molecule is CCNC(=NCCN(C)CC)N1CCC(C)(C)C1.I. The highest BCUT2D eigenvalue weighted by Gasteiger charge is 2.30. The number of rotatable bonds is 5. The fourth-order valence-electron chi connectivity index (χ4n) is 2.20. The van der Waals surface area contributed by atoms with E-state index in [0.717, 1.165) is 45.2 Å². The van der Waals surface area contributed by atoms with Crippen molar-refractivity contribution in [1.82, 2.24) is 15.1 Å². The van der Waals surface area contributed by atoms with Crippen molar-refractivity contribution in [2.45, 2.75) is 34.1 Å². The second-order valence-electron chi connectivity index (χ2n) is 5.97. The van der Waals surface area contributed by atoms with Crippen molar-refractivity contribution >= 4 is 29.9 Å². The number of nitrogens with zero attached hydrogens (tertiary/aromatic N) is 3. The number of nitrogens with one attached hydrogen (secondary N) is 1. The second kappa shape index (κ2) is 9.00. The lowest BCUT2D eigenvalue weighted by Gasteiger charge is -2.24. The molecule has 1 N–H and O–H groups in total. The Morgan fingerprint density at radius 3 is 2.53 bits per heavy atom. The average molecular weight is 382 g/mol. The summed E-state index contributed by atoms with van der Waals surface area (Å²) in [6, 6.07) is 0. The van der Waals surface area contributed by atoms with Gasteiger partial charge in [0.05, 0.1) is 6.54 Å². The first-order chi connectivity index (χ1) is 8.48. The summed E-state index contributed by atoms with van der Waals surface area (Å²) >= 11 is 0. The third-order valence-corrected chi connectivity index (χ3v) is 3.59. The number of guanidine groups is 1. The largest absolute Gasteiger partial charge is 0.357 e. The van der Waals surface area contributed by atoms with Crippen LogP contribution in [0.15, 0.2) is 4.99 Å². The van der Waals surface area contributed by atoms with Gasteiger partial charge in [0.1, 0.15) is 0 Å². The highest BCUT2D eigenvalue weighted by molar-refractivity contribution is 14.0. The molecule has 0 spiro atoms. The van der Waals surface area contributed by atoms with Crippen molar-refractivity contribution in [3.8, 4) is 0 Å². The summed E-state index contributed by atoms with van der Waals surface area (Å²) in [7, 11) is 2.14. The maximum Gasteiger partial charge on any atom is 0.193 e. The van der Waals surface area contributed by atoms with Gasteiger partial charge in [-0.15, -0.1) is 24.0 Å². The van der Waals surface area contributed by atoms with Gasteiger partial charge < -0.3 is 15.1 Å². The summed E-state index contributed by atoms with van der Waals surface area (Å²) in [5.74, 6) is 1.09. The summed E-state index contributed by atoms with van der Waals surface area (Å²) in [4.78, 5) is 9.43. The summed E-state index contributed by atoms with van der Waals surface area (Å²) in [5, 5.41) is 3.41. The van der Waals surface area contributed by atoms with Crippen molar-refractivity contribution in [3.63, 3.8) is 0 Å². The van der Waals surface area contributed by atoms with Crippen LogP contribution in [0.1, 0.15) is 34.1 Å². The number of hydrogen-bond donors (Lipinski definition) is 1. The Hall–Kier alpha value is -0.0400. The van der Waals surface area contributed by atoms with Crippen LogP contribution in [0.3, 0.4) is 0 Å². The van der Waals surface area contributed by atoms with Crippen LogP contribution in [-0.2, 0) is 0 Å². The molecule has 1 rings (SSSR count). The first-order valence-corrected chi connectivity index (χ1v) is 7.20. The number of likely N-dealkylation sites (N-methyl/N-ethyl adjacent to an activating group) is 1. The van der Waals surface area contributed by atoms with Gasteiger partial charge in [-0.1, -0.05) is 20.8 Å². The molecule has 0 aromatic heterocycles. The smallest absolute Gasteiger partial charge is 0.193 e. The molecule has 0 radical (unpaired) electrons. The first kappa shape index (κ1) is 19.0. The minimum atomic E-state index is 0. The van der Waals surface area contributed by atoms with Crippen LogP contribution < -0.4 is 5.32 Å². The molecule has 0 unspecified atom stereocenters.